The van der Waals surface area contributed by atoms with Gasteiger partial charge in [0.15, 0.2) is 9.80 Å². The lowest BCUT2D eigenvalue weighted by atomic mass is 11.6. The monoisotopic (exact) mass is 162 g/mol. The highest BCUT2D eigenvalue weighted by Crippen LogP contribution is 2.23. The van der Waals surface area contributed by atoms with Gasteiger partial charge in [-0.3, -0.25) is 4.18 Å². The van der Waals surface area contributed by atoms with E-state index in [1.165, 1.54) is 0 Å². The summed E-state index contributed by atoms with van der Waals surface area (Å²) in [6.45, 7) is 0. The molecule has 1 atom stereocenters. The number of hydrogen-bond donors (Lipinski definition) is 0. The third-order valence-corrected chi connectivity index (χ3v) is 1.87. The first-order valence-electron chi connectivity index (χ1n) is 1.80. The van der Waals surface area contributed by atoms with Crippen LogP contribution in [0, 0.1) is 0 Å². The zero-order valence-electron chi connectivity index (χ0n) is 4.57. The van der Waals surface area contributed by atoms with Crippen molar-refractivity contribution in [1.29, 1.82) is 0 Å². The minimum Gasteiger partial charge on any atom is -0.295 e. The van der Waals surface area contributed by atoms with Gasteiger partial charge in [-0.2, -0.15) is 13.2 Å². The van der Waals surface area contributed by atoms with E-state index in [1.807, 2.05) is 0 Å². The van der Waals surface area contributed by atoms with Crippen molar-refractivity contribution >= 4 is 15.7 Å². The zero-order valence-corrected chi connectivity index (χ0v) is 5.38. The molecule has 0 radical (unpaired) electrons. The van der Waals surface area contributed by atoms with Crippen molar-refractivity contribution in [1.82, 2.24) is 0 Å². The highest BCUT2D eigenvalue weighted by molar-refractivity contribution is 7.96. The van der Waals surface area contributed by atoms with E-state index in [0.29, 0.717) is 7.11 Å². The van der Waals surface area contributed by atoms with Crippen LogP contribution >= 0.6 is 0 Å². The van der Waals surface area contributed by atoms with Gasteiger partial charge in [0.2, 0.25) is 0 Å². The molecule has 0 aliphatic heterocycles. The number of halogens is 3. The quantitative estimate of drug-likeness (QED) is 0.532. The lowest BCUT2D eigenvalue weighted by Gasteiger charge is -2.08. The number of hydrogen-bond acceptors (Lipinski definition) is 2. The van der Waals surface area contributed by atoms with Crippen molar-refractivity contribution in [2.45, 2.75) is 5.51 Å². The molecule has 0 bridgehead atoms. The van der Waals surface area contributed by atoms with Crippen LogP contribution in [0.1, 0.15) is 0 Å². The second kappa shape index (κ2) is 2.18. The van der Waals surface area contributed by atoms with Crippen molar-refractivity contribution in [3.63, 3.8) is 0 Å². The van der Waals surface area contributed by atoms with E-state index >= 15 is 0 Å². The largest absolute Gasteiger partial charge is 0.486 e. The molecule has 0 saturated heterocycles. The first-order valence-corrected chi connectivity index (χ1v) is 3.45. The van der Waals surface area contributed by atoms with E-state index in [1.54, 1.807) is 0 Å². The zero-order chi connectivity index (χ0) is 7.71. The average molecular weight is 162 g/mol. The summed E-state index contributed by atoms with van der Waals surface area (Å²) in [6, 6.07) is 0. The molecule has 0 spiro atoms. The van der Waals surface area contributed by atoms with Crippen LogP contribution in [0.5, 0.6) is 0 Å². The average Bonchev–Trinajstić information content (AvgIpc) is 1.64. The third-order valence-electron chi connectivity index (χ3n) is 0.622. The van der Waals surface area contributed by atoms with Crippen LogP contribution in [0.3, 0.4) is 0 Å². The summed E-state index contributed by atoms with van der Waals surface area (Å²) in [5.41, 5.74) is -4.86. The Labute approximate surface area is 50.8 Å². The van der Waals surface area contributed by atoms with E-state index in [0.717, 1.165) is 0 Å². The van der Waals surface area contributed by atoms with Gasteiger partial charge in [0, 0.05) is 0 Å². The van der Waals surface area contributed by atoms with Crippen molar-refractivity contribution in [2.24, 2.45) is 0 Å². The van der Waals surface area contributed by atoms with Gasteiger partial charge in [0.05, 0.1) is 7.11 Å². The van der Waals surface area contributed by atoms with Gasteiger partial charge in [-0.1, -0.05) is 0 Å². The minimum atomic E-state index is -4.86. The summed E-state index contributed by atoms with van der Waals surface area (Å²) in [7, 11) is -3.64. The molecule has 0 heterocycles. The van der Waals surface area contributed by atoms with Gasteiger partial charge in [-0.15, -0.1) is 0 Å². The molecule has 0 saturated carbocycles. The molecule has 0 rings (SSSR count). The highest BCUT2D eigenvalue weighted by Gasteiger charge is 2.39. The number of alkyl halides is 3. The summed E-state index contributed by atoms with van der Waals surface area (Å²) in [4.78, 5) is 0. The Balaban J connectivity index is 4.57. The fourth-order valence-corrected chi connectivity index (χ4v) is 0.283. The molecule has 0 aliphatic rings. The highest BCUT2D eigenvalue weighted by atomic mass is 32.2. The van der Waals surface area contributed by atoms with Crippen molar-refractivity contribution in [2.75, 3.05) is 7.11 Å². The molecule has 0 aromatic rings. The third kappa shape index (κ3) is 1.87. The molecule has 0 amide bonds. The van der Waals surface area contributed by atoms with Gasteiger partial charge in [0.1, 0.15) is 0 Å². The van der Waals surface area contributed by atoms with E-state index in [9.17, 15) is 17.4 Å². The number of rotatable bonds is 1. The fraction of sp³-hybridized carbons (Fsp3) is 0.667. The van der Waals surface area contributed by atoms with Crippen LogP contribution < -0.4 is 0 Å². The lowest BCUT2D eigenvalue weighted by molar-refractivity contribution is -0.0469. The molecule has 1 unspecified atom stereocenters. The SMILES string of the molecule is C=S(=O)(OC)C(F)(F)F. The smallest absolute Gasteiger partial charge is 0.295 e. The van der Waals surface area contributed by atoms with Crippen LogP contribution in [-0.2, 0) is 14.0 Å². The molecule has 0 aromatic heterocycles. The summed E-state index contributed by atoms with van der Waals surface area (Å²) >= 11 is 0. The Kier molecular flexibility index (Phi) is 2.13. The molecule has 0 N–H and O–H groups in total. The molecule has 6 heteroatoms. The van der Waals surface area contributed by atoms with Crippen LogP contribution in [-0.4, -0.2) is 22.7 Å². The standard InChI is InChI=1S/C3H5F3O2S/c1-8-9(2,7)3(4,5)6/h2H2,1H3. The van der Waals surface area contributed by atoms with E-state index in [-0.39, 0.29) is 0 Å². The maximum absolute atomic E-state index is 11.4. The van der Waals surface area contributed by atoms with Crippen LogP contribution in [0.15, 0.2) is 0 Å². The Hall–Kier alpha value is -0.230. The fourth-order valence-electron chi connectivity index (χ4n) is 0.0945. The van der Waals surface area contributed by atoms with Crippen molar-refractivity contribution < 1.29 is 21.6 Å². The van der Waals surface area contributed by atoms with Crippen molar-refractivity contribution in [3.05, 3.63) is 0 Å². The van der Waals surface area contributed by atoms with Gasteiger partial charge in [-0.25, -0.2) is 4.21 Å². The molecular formula is C3H5F3O2S. The van der Waals surface area contributed by atoms with Gasteiger partial charge in [0.25, 0.3) is 0 Å². The van der Waals surface area contributed by atoms with E-state index in [2.05, 4.69) is 10.1 Å². The molecule has 9 heavy (non-hydrogen) atoms. The van der Waals surface area contributed by atoms with E-state index in [4.69, 9.17) is 0 Å². The predicted molar refractivity (Wildman–Crippen MR) is 28.3 cm³/mol. The van der Waals surface area contributed by atoms with Crippen LogP contribution in [0.2, 0.25) is 0 Å². The first-order chi connectivity index (χ1) is 3.81. The summed E-state index contributed by atoms with van der Waals surface area (Å²) in [5.74, 6) is 2.34. The molecule has 2 nitrogen and oxygen atoms in total. The van der Waals surface area contributed by atoms with Gasteiger partial charge in [-0.05, 0) is 5.87 Å². The van der Waals surface area contributed by atoms with Gasteiger partial charge < -0.3 is 0 Å². The normalized spacial score (nSPS) is 19.1. The Bertz CT molecular complexity index is 178. The van der Waals surface area contributed by atoms with Crippen molar-refractivity contribution in [3.8, 4) is 0 Å². The Morgan fingerprint density at radius 2 is 1.89 bits per heavy atom. The van der Waals surface area contributed by atoms with E-state index < -0.39 is 15.3 Å². The van der Waals surface area contributed by atoms with Gasteiger partial charge >= 0.3 is 5.51 Å². The molecule has 0 fully saturated rings. The molecule has 0 aliphatic carbocycles. The Morgan fingerprint density at radius 1 is 1.56 bits per heavy atom. The summed E-state index contributed by atoms with van der Waals surface area (Å²) in [6.07, 6.45) is 0. The second-order valence-electron chi connectivity index (χ2n) is 1.23. The molecular weight excluding hydrogens is 157 g/mol. The Morgan fingerprint density at radius 3 is 1.89 bits per heavy atom. The maximum Gasteiger partial charge on any atom is 0.486 e. The second-order valence-corrected chi connectivity index (χ2v) is 3.25. The maximum atomic E-state index is 11.4. The topological polar surface area (TPSA) is 26.3 Å². The lowest BCUT2D eigenvalue weighted by Crippen LogP contribution is -2.23. The minimum absolute atomic E-state index is 0.697. The first kappa shape index (κ1) is 8.77. The predicted octanol–water partition coefficient (Wildman–Crippen LogP) is 0.784. The van der Waals surface area contributed by atoms with Crippen LogP contribution in [0.25, 0.3) is 0 Å². The summed E-state index contributed by atoms with van der Waals surface area (Å²) < 4.78 is 47.8. The molecule has 56 valence electrons. The molecule has 0 aromatic carbocycles. The van der Waals surface area contributed by atoms with Crippen LogP contribution in [0.4, 0.5) is 13.2 Å². The summed E-state index contributed by atoms with van der Waals surface area (Å²) in [5, 5.41) is 0.